The van der Waals surface area contributed by atoms with Gasteiger partial charge in [-0.3, -0.25) is 0 Å². The summed E-state index contributed by atoms with van der Waals surface area (Å²) in [7, 11) is 0. The van der Waals surface area contributed by atoms with Crippen LogP contribution in [0.2, 0.25) is 0 Å². The molecule has 2 heterocycles. The van der Waals surface area contributed by atoms with Crippen LogP contribution in [0.5, 0.6) is 0 Å². The van der Waals surface area contributed by atoms with Gasteiger partial charge in [-0.15, -0.1) is 0 Å². The zero-order valence-electron chi connectivity index (χ0n) is 9.47. The number of ether oxygens (including phenoxy) is 4. The Kier molecular flexibility index (Phi) is 4.99. The van der Waals surface area contributed by atoms with Crippen LogP contribution in [-0.2, 0) is 18.9 Å². The van der Waals surface area contributed by atoms with Crippen molar-refractivity contribution in [1.82, 2.24) is 0 Å². The number of aliphatic hydroxyl groups is 1. The molecule has 0 aromatic carbocycles. The van der Waals surface area contributed by atoms with Crippen molar-refractivity contribution in [3.8, 4) is 0 Å². The fraction of sp³-hybridized carbons (Fsp3) is 1.00. The molecule has 2 saturated heterocycles. The van der Waals surface area contributed by atoms with Crippen molar-refractivity contribution in [2.24, 2.45) is 0 Å². The molecule has 2 aliphatic heterocycles. The third kappa shape index (κ3) is 5.77. The van der Waals surface area contributed by atoms with E-state index < -0.39 is 0 Å². The Hall–Kier alpha value is -0.200. The minimum absolute atomic E-state index is 0.272. The number of rotatable bonds is 10. The van der Waals surface area contributed by atoms with E-state index in [1.807, 2.05) is 0 Å². The molecule has 5 nitrogen and oxygen atoms in total. The Bertz CT molecular complexity index is 191. The molecule has 0 amide bonds. The van der Waals surface area contributed by atoms with Gasteiger partial charge in [-0.1, -0.05) is 0 Å². The van der Waals surface area contributed by atoms with Crippen LogP contribution in [-0.4, -0.2) is 63.1 Å². The van der Waals surface area contributed by atoms with E-state index in [1.54, 1.807) is 0 Å². The van der Waals surface area contributed by atoms with Gasteiger partial charge < -0.3 is 24.1 Å². The number of aliphatic hydroxyl groups excluding tert-OH is 1. The molecule has 0 radical (unpaired) electrons. The topological polar surface area (TPSA) is 63.8 Å². The molecule has 0 bridgehead atoms. The van der Waals surface area contributed by atoms with E-state index in [0.29, 0.717) is 32.5 Å². The van der Waals surface area contributed by atoms with Gasteiger partial charge in [0.2, 0.25) is 0 Å². The summed E-state index contributed by atoms with van der Waals surface area (Å²) in [4.78, 5) is 0. The SMILES string of the molecule is OC(CCCOCC1CO1)COCC1CO1. The molecule has 1 N–H and O–H groups in total. The van der Waals surface area contributed by atoms with E-state index in [1.165, 1.54) is 0 Å². The summed E-state index contributed by atoms with van der Waals surface area (Å²) in [5.41, 5.74) is 0. The highest BCUT2D eigenvalue weighted by atomic mass is 16.6. The molecule has 3 atom stereocenters. The Morgan fingerprint density at radius 2 is 1.75 bits per heavy atom. The summed E-state index contributed by atoms with van der Waals surface area (Å²) in [6, 6.07) is 0. The second kappa shape index (κ2) is 6.51. The van der Waals surface area contributed by atoms with Gasteiger partial charge >= 0.3 is 0 Å². The van der Waals surface area contributed by atoms with Crippen LogP contribution in [0.1, 0.15) is 12.8 Å². The van der Waals surface area contributed by atoms with E-state index in [9.17, 15) is 5.11 Å². The summed E-state index contributed by atoms with van der Waals surface area (Å²) in [5, 5.41) is 9.56. The highest BCUT2D eigenvalue weighted by Crippen LogP contribution is 2.10. The average Bonchev–Trinajstić information content (AvgIpc) is 3.12. The van der Waals surface area contributed by atoms with Crippen LogP contribution in [0.25, 0.3) is 0 Å². The number of hydrogen-bond acceptors (Lipinski definition) is 5. The molecular formula is C11H20O5. The number of hydrogen-bond donors (Lipinski definition) is 1. The molecule has 5 heteroatoms. The second-order valence-corrected chi connectivity index (χ2v) is 4.32. The maximum atomic E-state index is 9.56. The maximum absolute atomic E-state index is 9.56. The monoisotopic (exact) mass is 232 g/mol. The predicted octanol–water partition coefficient (Wildman–Crippen LogP) is -0.0417. The first kappa shape index (κ1) is 12.3. The van der Waals surface area contributed by atoms with Gasteiger partial charge in [0.05, 0.1) is 39.1 Å². The van der Waals surface area contributed by atoms with Crippen molar-refractivity contribution in [2.45, 2.75) is 31.2 Å². The standard InChI is InChI=1S/C11H20O5/c12-9(4-14-6-11-8-16-11)2-1-3-13-5-10-7-15-10/h9-12H,1-8H2. The molecule has 0 saturated carbocycles. The highest BCUT2D eigenvalue weighted by Gasteiger charge is 2.23. The Morgan fingerprint density at radius 3 is 2.38 bits per heavy atom. The van der Waals surface area contributed by atoms with Crippen molar-refractivity contribution in [1.29, 1.82) is 0 Å². The van der Waals surface area contributed by atoms with Crippen LogP contribution in [0, 0.1) is 0 Å². The van der Waals surface area contributed by atoms with Crippen molar-refractivity contribution in [2.75, 3.05) is 39.6 Å². The lowest BCUT2D eigenvalue weighted by Crippen LogP contribution is -2.18. The first-order valence-corrected chi connectivity index (χ1v) is 5.91. The van der Waals surface area contributed by atoms with Gasteiger partial charge in [-0.25, -0.2) is 0 Å². The van der Waals surface area contributed by atoms with Gasteiger partial charge in [0.1, 0.15) is 12.2 Å². The predicted molar refractivity (Wildman–Crippen MR) is 56.4 cm³/mol. The lowest BCUT2D eigenvalue weighted by Gasteiger charge is -2.10. The third-order valence-electron chi connectivity index (χ3n) is 2.55. The van der Waals surface area contributed by atoms with Crippen molar-refractivity contribution < 1.29 is 24.1 Å². The summed E-state index contributed by atoms with van der Waals surface area (Å²) in [6.07, 6.45) is 1.79. The van der Waals surface area contributed by atoms with Gasteiger partial charge in [0.25, 0.3) is 0 Å². The average molecular weight is 232 g/mol. The van der Waals surface area contributed by atoms with Crippen LogP contribution in [0.4, 0.5) is 0 Å². The van der Waals surface area contributed by atoms with Gasteiger partial charge in [0.15, 0.2) is 0 Å². The Balaban J connectivity index is 1.33. The van der Waals surface area contributed by atoms with E-state index in [2.05, 4.69) is 0 Å². The molecule has 2 aliphatic rings. The van der Waals surface area contributed by atoms with E-state index >= 15 is 0 Å². The van der Waals surface area contributed by atoms with Crippen LogP contribution in [0.3, 0.4) is 0 Å². The molecule has 0 aromatic rings. The first-order chi connectivity index (χ1) is 7.84. The van der Waals surface area contributed by atoms with E-state index in [-0.39, 0.29) is 12.2 Å². The van der Waals surface area contributed by atoms with Gasteiger partial charge in [-0.05, 0) is 12.8 Å². The molecule has 0 aromatic heterocycles. The summed E-state index contributed by atoms with van der Waals surface area (Å²) in [5.74, 6) is 0. The molecule has 0 aliphatic carbocycles. The molecule has 3 unspecified atom stereocenters. The second-order valence-electron chi connectivity index (χ2n) is 4.32. The number of epoxide rings is 2. The highest BCUT2D eigenvalue weighted by molar-refractivity contribution is 4.68. The molecule has 94 valence electrons. The summed E-state index contributed by atoms with van der Waals surface area (Å²) in [6.45, 7) is 4.00. The van der Waals surface area contributed by atoms with E-state index in [0.717, 1.165) is 26.1 Å². The van der Waals surface area contributed by atoms with Crippen molar-refractivity contribution >= 4 is 0 Å². The molecule has 2 rings (SSSR count). The zero-order valence-corrected chi connectivity index (χ0v) is 9.47. The lowest BCUT2D eigenvalue weighted by atomic mass is 10.2. The van der Waals surface area contributed by atoms with Crippen LogP contribution in [0.15, 0.2) is 0 Å². The fourth-order valence-corrected chi connectivity index (χ4v) is 1.38. The summed E-state index contributed by atoms with van der Waals surface area (Å²) < 4.78 is 20.7. The maximum Gasteiger partial charge on any atom is 0.104 e. The first-order valence-electron chi connectivity index (χ1n) is 5.91. The van der Waals surface area contributed by atoms with Crippen molar-refractivity contribution in [3.05, 3.63) is 0 Å². The zero-order chi connectivity index (χ0) is 11.2. The Labute approximate surface area is 95.6 Å². The van der Waals surface area contributed by atoms with Gasteiger partial charge in [0, 0.05) is 6.61 Å². The molecule has 0 spiro atoms. The minimum atomic E-state index is -0.389. The normalized spacial score (nSPS) is 29.1. The fourth-order valence-electron chi connectivity index (χ4n) is 1.38. The smallest absolute Gasteiger partial charge is 0.104 e. The summed E-state index contributed by atoms with van der Waals surface area (Å²) >= 11 is 0. The van der Waals surface area contributed by atoms with Crippen LogP contribution < -0.4 is 0 Å². The van der Waals surface area contributed by atoms with Crippen molar-refractivity contribution in [3.63, 3.8) is 0 Å². The third-order valence-corrected chi connectivity index (χ3v) is 2.55. The quantitative estimate of drug-likeness (QED) is 0.423. The molecule has 16 heavy (non-hydrogen) atoms. The largest absolute Gasteiger partial charge is 0.391 e. The molecule has 2 fully saturated rings. The lowest BCUT2D eigenvalue weighted by molar-refractivity contribution is 0.0200. The van der Waals surface area contributed by atoms with Crippen LogP contribution >= 0.6 is 0 Å². The van der Waals surface area contributed by atoms with E-state index in [4.69, 9.17) is 18.9 Å². The molecular weight excluding hydrogens is 212 g/mol. The van der Waals surface area contributed by atoms with Gasteiger partial charge in [-0.2, -0.15) is 0 Å². The minimum Gasteiger partial charge on any atom is -0.391 e. The Morgan fingerprint density at radius 1 is 1.12 bits per heavy atom.